The van der Waals surface area contributed by atoms with E-state index in [0.29, 0.717) is 25.7 Å². The van der Waals surface area contributed by atoms with E-state index in [4.69, 9.17) is 0 Å². The third-order valence-corrected chi connectivity index (χ3v) is 2.03. The standard InChI is InChI=1S/C9H14O2/c1-9(2)5-7(10)3-4-8(11)6-9/h3-6H2,1-2H3. The maximum absolute atomic E-state index is 11.1. The first-order chi connectivity index (χ1) is 4.99. The van der Waals surface area contributed by atoms with E-state index in [-0.39, 0.29) is 17.0 Å². The lowest BCUT2D eigenvalue weighted by Gasteiger charge is -2.19. The molecule has 0 bridgehead atoms. The van der Waals surface area contributed by atoms with E-state index in [1.165, 1.54) is 0 Å². The highest BCUT2D eigenvalue weighted by Gasteiger charge is 2.28. The number of hydrogen-bond acceptors (Lipinski definition) is 2. The molecular formula is C9H14O2. The molecule has 1 rings (SSSR count). The smallest absolute Gasteiger partial charge is 0.133 e. The lowest BCUT2D eigenvalue weighted by atomic mass is 9.84. The second kappa shape index (κ2) is 2.76. The molecule has 0 aromatic heterocycles. The predicted molar refractivity (Wildman–Crippen MR) is 42.3 cm³/mol. The molecule has 0 atom stereocenters. The van der Waals surface area contributed by atoms with Crippen molar-refractivity contribution in [2.75, 3.05) is 0 Å². The molecule has 0 heterocycles. The minimum absolute atomic E-state index is 0.0926. The second-order valence-corrected chi connectivity index (χ2v) is 4.10. The molecule has 0 amide bonds. The molecule has 0 spiro atoms. The normalized spacial score (nSPS) is 24.9. The van der Waals surface area contributed by atoms with Gasteiger partial charge in [-0.05, 0) is 5.41 Å². The van der Waals surface area contributed by atoms with E-state index >= 15 is 0 Å². The molecule has 0 N–H and O–H groups in total. The molecular weight excluding hydrogens is 140 g/mol. The van der Waals surface area contributed by atoms with Crippen LogP contribution < -0.4 is 0 Å². The Morgan fingerprint density at radius 3 is 1.73 bits per heavy atom. The Balaban J connectivity index is 2.70. The van der Waals surface area contributed by atoms with E-state index in [1.807, 2.05) is 13.8 Å². The third-order valence-electron chi connectivity index (χ3n) is 2.03. The van der Waals surface area contributed by atoms with Crippen molar-refractivity contribution in [3.63, 3.8) is 0 Å². The minimum atomic E-state index is -0.0926. The zero-order valence-electron chi connectivity index (χ0n) is 7.14. The Hall–Kier alpha value is -0.660. The van der Waals surface area contributed by atoms with E-state index in [9.17, 15) is 9.59 Å². The van der Waals surface area contributed by atoms with Crippen LogP contribution in [0.1, 0.15) is 39.5 Å². The zero-order valence-corrected chi connectivity index (χ0v) is 7.14. The number of Topliss-reactive ketones (excluding diaryl/α,β-unsaturated/α-hetero) is 2. The van der Waals surface area contributed by atoms with Gasteiger partial charge in [-0.2, -0.15) is 0 Å². The van der Waals surface area contributed by atoms with Crippen molar-refractivity contribution in [2.24, 2.45) is 5.41 Å². The molecule has 1 aliphatic rings. The molecule has 1 aliphatic carbocycles. The molecule has 2 nitrogen and oxygen atoms in total. The Morgan fingerprint density at radius 2 is 1.36 bits per heavy atom. The van der Waals surface area contributed by atoms with Crippen LogP contribution in [0.15, 0.2) is 0 Å². The Labute approximate surface area is 67.0 Å². The molecule has 11 heavy (non-hydrogen) atoms. The number of rotatable bonds is 0. The summed E-state index contributed by atoms with van der Waals surface area (Å²) in [7, 11) is 0. The average Bonchev–Trinajstić information content (AvgIpc) is 1.89. The Morgan fingerprint density at radius 1 is 1.00 bits per heavy atom. The predicted octanol–water partition coefficient (Wildman–Crippen LogP) is 1.72. The van der Waals surface area contributed by atoms with Gasteiger partial charge in [0.15, 0.2) is 0 Å². The molecule has 1 saturated carbocycles. The van der Waals surface area contributed by atoms with Crippen molar-refractivity contribution >= 4 is 11.6 Å². The molecule has 1 fully saturated rings. The van der Waals surface area contributed by atoms with Crippen LogP contribution in [0, 0.1) is 5.41 Å². The summed E-state index contributed by atoms with van der Waals surface area (Å²) in [6, 6.07) is 0. The van der Waals surface area contributed by atoms with Gasteiger partial charge in [-0.25, -0.2) is 0 Å². The summed E-state index contributed by atoms with van der Waals surface area (Å²) in [6.07, 6.45) is 2.06. The van der Waals surface area contributed by atoms with E-state index < -0.39 is 0 Å². The maximum atomic E-state index is 11.1. The van der Waals surface area contributed by atoms with E-state index in [0.717, 1.165) is 0 Å². The fourth-order valence-electron chi connectivity index (χ4n) is 1.59. The molecule has 0 saturated heterocycles. The average molecular weight is 154 g/mol. The van der Waals surface area contributed by atoms with Crippen LogP contribution in [0.3, 0.4) is 0 Å². The van der Waals surface area contributed by atoms with E-state index in [2.05, 4.69) is 0 Å². The van der Waals surface area contributed by atoms with Gasteiger partial charge in [0.25, 0.3) is 0 Å². The lowest BCUT2D eigenvalue weighted by molar-refractivity contribution is -0.122. The van der Waals surface area contributed by atoms with Crippen molar-refractivity contribution in [2.45, 2.75) is 39.5 Å². The van der Waals surface area contributed by atoms with Crippen LogP contribution in [-0.4, -0.2) is 11.6 Å². The summed E-state index contributed by atoms with van der Waals surface area (Å²) >= 11 is 0. The molecule has 62 valence electrons. The molecule has 0 aromatic carbocycles. The SMILES string of the molecule is CC1(C)CC(=O)CCC(=O)C1. The van der Waals surface area contributed by atoms with Crippen LogP contribution in [0.5, 0.6) is 0 Å². The van der Waals surface area contributed by atoms with E-state index in [1.54, 1.807) is 0 Å². The summed E-state index contributed by atoms with van der Waals surface area (Å²) in [6.45, 7) is 3.96. The topological polar surface area (TPSA) is 34.1 Å². The van der Waals surface area contributed by atoms with Crippen LogP contribution in [-0.2, 0) is 9.59 Å². The molecule has 0 aliphatic heterocycles. The van der Waals surface area contributed by atoms with Gasteiger partial charge in [0.2, 0.25) is 0 Å². The molecule has 0 unspecified atom stereocenters. The van der Waals surface area contributed by atoms with Gasteiger partial charge in [-0.15, -0.1) is 0 Å². The largest absolute Gasteiger partial charge is 0.300 e. The van der Waals surface area contributed by atoms with Crippen molar-refractivity contribution in [3.8, 4) is 0 Å². The van der Waals surface area contributed by atoms with Crippen molar-refractivity contribution in [1.29, 1.82) is 0 Å². The van der Waals surface area contributed by atoms with Gasteiger partial charge >= 0.3 is 0 Å². The monoisotopic (exact) mass is 154 g/mol. The van der Waals surface area contributed by atoms with Crippen molar-refractivity contribution in [3.05, 3.63) is 0 Å². The molecule has 0 radical (unpaired) electrons. The lowest BCUT2D eigenvalue weighted by Crippen LogP contribution is -2.16. The summed E-state index contributed by atoms with van der Waals surface area (Å²) in [5, 5.41) is 0. The van der Waals surface area contributed by atoms with Gasteiger partial charge in [-0.3, -0.25) is 9.59 Å². The van der Waals surface area contributed by atoms with Crippen molar-refractivity contribution in [1.82, 2.24) is 0 Å². The summed E-state index contributed by atoms with van der Waals surface area (Å²) in [4.78, 5) is 22.2. The first kappa shape index (κ1) is 8.44. The highest BCUT2D eigenvalue weighted by molar-refractivity contribution is 5.89. The van der Waals surface area contributed by atoms with Gasteiger partial charge in [-0.1, -0.05) is 13.8 Å². The maximum Gasteiger partial charge on any atom is 0.133 e. The third kappa shape index (κ3) is 2.45. The number of carbonyl (C=O) groups excluding carboxylic acids is 2. The first-order valence-corrected chi connectivity index (χ1v) is 4.03. The summed E-state index contributed by atoms with van der Waals surface area (Å²) in [5.41, 5.74) is -0.0926. The van der Waals surface area contributed by atoms with Crippen molar-refractivity contribution < 1.29 is 9.59 Å². The number of ketones is 2. The number of carbonyl (C=O) groups is 2. The van der Waals surface area contributed by atoms with Crippen LogP contribution in [0.4, 0.5) is 0 Å². The van der Waals surface area contributed by atoms with Gasteiger partial charge in [0.1, 0.15) is 11.6 Å². The Kier molecular flexibility index (Phi) is 2.12. The fourth-order valence-corrected chi connectivity index (χ4v) is 1.59. The van der Waals surface area contributed by atoms with Gasteiger partial charge in [0, 0.05) is 25.7 Å². The Bertz CT molecular complexity index is 172. The summed E-state index contributed by atoms with van der Waals surface area (Å²) < 4.78 is 0. The van der Waals surface area contributed by atoms with Gasteiger partial charge in [0.05, 0.1) is 0 Å². The zero-order chi connectivity index (χ0) is 8.48. The fraction of sp³-hybridized carbons (Fsp3) is 0.778. The minimum Gasteiger partial charge on any atom is -0.300 e. The molecule has 0 aromatic rings. The quantitative estimate of drug-likeness (QED) is 0.498. The highest BCUT2D eigenvalue weighted by atomic mass is 16.1. The highest BCUT2D eigenvalue weighted by Crippen LogP contribution is 2.29. The number of hydrogen-bond donors (Lipinski definition) is 0. The molecule has 2 heteroatoms. The van der Waals surface area contributed by atoms with Crippen LogP contribution in [0.2, 0.25) is 0 Å². The summed E-state index contributed by atoms with van der Waals surface area (Å²) in [5.74, 6) is 0.474. The second-order valence-electron chi connectivity index (χ2n) is 4.10. The van der Waals surface area contributed by atoms with Gasteiger partial charge < -0.3 is 0 Å². The first-order valence-electron chi connectivity index (χ1n) is 4.03. The van der Waals surface area contributed by atoms with Crippen LogP contribution >= 0.6 is 0 Å². The van der Waals surface area contributed by atoms with Crippen LogP contribution in [0.25, 0.3) is 0 Å².